The number of hydrogen-bond acceptors (Lipinski definition) is 4. The molecule has 2 aliphatic rings. The van der Waals surface area contributed by atoms with Gasteiger partial charge in [-0.1, -0.05) is 6.07 Å². The van der Waals surface area contributed by atoms with Crippen molar-refractivity contribution in [3.05, 3.63) is 41.7 Å². The second-order valence-electron chi connectivity index (χ2n) is 7.08. The Morgan fingerprint density at radius 3 is 2.60 bits per heavy atom. The van der Waals surface area contributed by atoms with Gasteiger partial charge in [0.15, 0.2) is 0 Å². The van der Waals surface area contributed by atoms with E-state index < -0.39 is 5.97 Å². The summed E-state index contributed by atoms with van der Waals surface area (Å²) in [6, 6.07) is 8.46. The van der Waals surface area contributed by atoms with Crippen LogP contribution in [0.4, 0.5) is 0 Å². The van der Waals surface area contributed by atoms with Crippen LogP contribution >= 0.6 is 0 Å². The van der Waals surface area contributed by atoms with Crippen LogP contribution in [0.15, 0.2) is 30.5 Å². The van der Waals surface area contributed by atoms with Crippen LogP contribution in [0.2, 0.25) is 0 Å². The number of carbonyl (C=O) groups excluding carboxylic acids is 2. The molecule has 2 fully saturated rings. The van der Waals surface area contributed by atoms with E-state index in [-0.39, 0.29) is 11.9 Å². The van der Waals surface area contributed by atoms with Gasteiger partial charge in [0.1, 0.15) is 5.69 Å². The van der Waals surface area contributed by atoms with Gasteiger partial charge in [-0.25, -0.2) is 4.79 Å². The highest BCUT2D eigenvalue weighted by atomic mass is 16.5. The van der Waals surface area contributed by atoms with E-state index in [1.807, 2.05) is 18.2 Å². The molecule has 2 aromatic heterocycles. The molecule has 2 aliphatic heterocycles. The lowest BCUT2D eigenvalue weighted by Gasteiger charge is -2.36. The predicted molar refractivity (Wildman–Crippen MR) is 93.8 cm³/mol. The molecule has 0 aromatic carbocycles. The van der Waals surface area contributed by atoms with Gasteiger partial charge >= 0.3 is 5.97 Å². The summed E-state index contributed by atoms with van der Waals surface area (Å²) in [4.78, 5) is 27.3. The first-order valence-electron chi connectivity index (χ1n) is 8.79. The molecule has 6 heteroatoms. The first-order chi connectivity index (χ1) is 12.1. The summed E-state index contributed by atoms with van der Waals surface area (Å²) in [6.07, 6.45) is 6.22. The lowest BCUT2D eigenvalue weighted by molar-refractivity contribution is 0.0603. The second-order valence-corrected chi connectivity index (χ2v) is 7.08. The molecule has 2 atom stereocenters. The van der Waals surface area contributed by atoms with E-state index in [0.29, 0.717) is 28.9 Å². The Labute approximate surface area is 146 Å². The van der Waals surface area contributed by atoms with Crippen molar-refractivity contribution < 1.29 is 14.3 Å². The Kier molecular flexibility index (Phi) is 4.00. The fourth-order valence-corrected chi connectivity index (χ4v) is 4.39. The van der Waals surface area contributed by atoms with Crippen molar-refractivity contribution in [2.75, 3.05) is 14.2 Å². The van der Waals surface area contributed by atoms with E-state index >= 15 is 0 Å². The highest BCUT2D eigenvalue weighted by Crippen LogP contribution is 2.34. The quantitative estimate of drug-likeness (QED) is 0.868. The number of fused-ring (bicyclic) bond motifs is 3. The zero-order chi connectivity index (χ0) is 17.6. The summed E-state index contributed by atoms with van der Waals surface area (Å²) in [7, 11) is 3.53. The number of amides is 1. The number of pyridine rings is 1. The first-order valence-corrected chi connectivity index (χ1v) is 8.79. The molecule has 4 rings (SSSR count). The number of esters is 1. The minimum Gasteiger partial charge on any atom is -0.465 e. The van der Waals surface area contributed by atoms with Gasteiger partial charge in [-0.15, -0.1) is 0 Å². The van der Waals surface area contributed by atoms with Crippen molar-refractivity contribution in [3.63, 3.8) is 0 Å². The van der Waals surface area contributed by atoms with Gasteiger partial charge in [-0.2, -0.15) is 0 Å². The van der Waals surface area contributed by atoms with Crippen LogP contribution in [0.25, 0.3) is 5.52 Å². The highest BCUT2D eigenvalue weighted by Gasteiger charge is 2.39. The summed E-state index contributed by atoms with van der Waals surface area (Å²) >= 11 is 0. The van der Waals surface area contributed by atoms with Crippen LogP contribution in [0.1, 0.15) is 46.5 Å². The van der Waals surface area contributed by atoms with Crippen LogP contribution in [-0.4, -0.2) is 53.5 Å². The Bertz CT molecular complexity index is 814. The van der Waals surface area contributed by atoms with Crippen LogP contribution in [-0.2, 0) is 4.74 Å². The molecule has 1 N–H and O–H groups in total. The fourth-order valence-electron chi connectivity index (χ4n) is 4.39. The van der Waals surface area contributed by atoms with Crippen molar-refractivity contribution >= 4 is 17.4 Å². The van der Waals surface area contributed by atoms with E-state index in [1.54, 1.807) is 16.7 Å². The van der Waals surface area contributed by atoms with Gasteiger partial charge in [0.2, 0.25) is 0 Å². The predicted octanol–water partition coefficient (Wildman–Crippen LogP) is 2.08. The molecule has 2 bridgehead atoms. The maximum atomic E-state index is 12.9. The summed E-state index contributed by atoms with van der Waals surface area (Å²) < 4.78 is 6.60. The zero-order valence-corrected chi connectivity index (χ0v) is 14.6. The number of ether oxygens (including phenoxy) is 1. The fraction of sp³-hybridized carbons (Fsp3) is 0.474. The topological polar surface area (TPSA) is 63.1 Å². The third-order valence-corrected chi connectivity index (χ3v) is 5.75. The minimum atomic E-state index is -0.430. The molecular weight excluding hydrogens is 318 g/mol. The largest absolute Gasteiger partial charge is 0.465 e. The molecule has 2 saturated heterocycles. The van der Waals surface area contributed by atoms with Gasteiger partial charge in [-0.3, -0.25) is 4.79 Å². The third-order valence-electron chi connectivity index (χ3n) is 5.75. The van der Waals surface area contributed by atoms with Gasteiger partial charge in [0.05, 0.1) is 18.2 Å². The number of piperidine rings is 1. The molecule has 0 spiro atoms. The van der Waals surface area contributed by atoms with Crippen molar-refractivity contribution in [3.8, 4) is 0 Å². The molecule has 132 valence electrons. The Morgan fingerprint density at radius 1 is 1.20 bits per heavy atom. The van der Waals surface area contributed by atoms with E-state index in [2.05, 4.69) is 17.3 Å². The van der Waals surface area contributed by atoms with Gasteiger partial charge in [-0.05, 0) is 50.9 Å². The van der Waals surface area contributed by atoms with E-state index in [1.165, 1.54) is 20.0 Å². The number of nitrogens with zero attached hydrogens (tertiary/aromatic N) is 2. The SMILES string of the molecule is COC(=O)c1cc(C(=O)NC2CC3CCC(C2)N3C)n2ccccc12. The Balaban J connectivity index is 1.59. The summed E-state index contributed by atoms with van der Waals surface area (Å²) in [5, 5.41) is 3.18. The van der Waals surface area contributed by atoms with E-state index in [9.17, 15) is 9.59 Å². The normalized spacial score (nSPS) is 25.9. The molecule has 6 nitrogen and oxygen atoms in total. The van der Waals surface area contributed by atoms with Gasteiger partial charge in [0, 0.05) is 24.3 Å². The number of nitrogens with one attached hydrogen (secondary N) is 1. The molecule has 2 unspecified atom stereocenters. The molecule has 4 heterocycles. The van der Waals surface area contributed by atoms with Gasteiger partial charge < -0.3 is 19.4 Å². The molecule has 1 amide bonds. The summed E-state index contributed by atoms with van der Waals surface area (Å²) in [6.45, 7) is 0. The number of rotatable bonds is 3. The Morgan fingerprint density at radius 2 is 1.92 bits per heavy atom. The van der Waals surface area contributed by atoms with E-state index in [4.69, 9.17) is 4.74 Å². The summed E-state index contributed by atoms with van der Waals surface area (Å²) in [5.41, 5.74) is 1.57. The van der Waals surface area contributed by atoms with Gasteiger partial charge in [0.25, 0.3) is 5.91 Å². The Hall–Kier alpha value is -2.34. The van der Waals surface area contributed by atoms with E-state index in [0.717, 1.165) is 12.8 Å². The molecule has 0 saturated carbocycles. The minimum absolute atomic E-state index is 0.134. The van der Waals surface area contributed by atoms with Crippen molar-refractivity contribution in [1.82, 2.24) is 14.6 Å². The molecule has 25 heavy (non-hydrogen) atoms. The van der Waals surface area contributed by atoms with Crippen LogP contribution in [0.3, 0.4) is 0 Å². The monoisotopic (exact) mass is 341 g/mol. The highest BCUT2D eigenvalue weighted by molar-refractivity contribution is 6.03. The van der Waals surface area contributed by atoms with Crippen LogP contribution < -0.4 is 5.32 Å². The number of aromatic nitrogens is 1. The summed E-state index contributed by atoms with van der Waals surface area (Å²) in [5.74, 6) is -0.564. The maximum Gasteiger partial charge on any atom is 0.340 e. The number of methoxy groups -OCH3 is 1. The first kappa shape index (κ1) is 16.1. The third kappa shape index (κ3) is 2.70. The van der Waals surface area contributed by atoms with Crippen molar-refractivity contribution in [2.45, 2.75) is 43.8 Å². The number of hydrogen-bond donors (Lipinski definition) is 1. The van der Waals surface area contributed by atoms with Crippen molar-refractivity contribution in [1.29, 1.82) is 0 Å². The number of carbonyl (C=O) groups is 2. The average molecular weight is 341 g/mol. The molecule has 2 aromatic rings. The second kappa shape index (κ2) is 6.19. The lowest BCUT2D eigenvalue weighted by atomic mass is 9.98. The molecule has 0 aliphatic carbocycles. The van der Waals surface area contributed by atoms with Crippen molar-refractivity contribution in [2.24, 2.45) is 0 Å². The smallest absolute Gasteiger partial charge is 0.340 e. The molecule has 0 radical (unpaired) electrons. The average Bonchev–Trinajstić information content (AvgIpc) is 3.08. The molecular formula is C19H23N3O3. The lowest BCUT2D eigenvalue weighted by Crippen LogP contribution is -2.48. The van der Waals surface area contributed by atoms with Crippen LogP contribution in [0.5, 0.6) is 0 Å². The zero-order valence-electron chi connectivity index (χ0n) is 14.6. The standard InChI is InChI=1S/C19H23N3O3/c1-21-13-6-7-14(21)10-12(9-13)20-18(23)17-11-15(19(24)25-2)16-5-3-4-8-22(16)17/h3-5,8,11-14H,6-7,9-10H2,1-2H3,(H,20,23). The van der Waals surface area contributed by atoms with Crippen LogP contribution in [0, 0.1) is 0 Å². The maximum absolute atomic E-state index is 12.9.